The summed E-state index contributed by atoms with van der Waals surface area (Å²) >= 11 is 5.52. The van der Waals surface area contributed by atoms with Gasteiger partial charge in [0.05, 0.1) is 18.1 Å². The van der Waals surface area contributed by atoms with Crippen molar-refractivity contribution < 1.29 is 9.53 Å². The summed E-state index contributed by atoms with van der Waals surface area (Å²) in [6, 6.07) is 9.12. The minimum Gasteiger partial charge on any atom is -0.424 e. The zero-order chi connectivity index (χ0) is 14.9. The lowest BCUT2D eigenvalue weighted by molar-refractivity contribution is 0.252. The van der Waals surface area contributed by atoms with Gasteiger partial charge in [-0.2, -0.15) is 0 Å². The van der Waals surface area contributed by atoms with Crippen molar-refractivity contribution in [2.24, 2.45) is 0 Å². The first-order valence-electron chi connectivity index (χ1n) is 6.43. The van der Waals surface area contributed by atoms with Gasteiger partial charge < -0.3 is 15.4 Å². The van der Waals surface area contributed by atoms with Crippen LogP contribution in [0.3, 0.4) is 0 Å². The van der Waals surface area contributed by atoms with Gasteiger partial charge >= 0.3 is 12.0 Å². The highest BCUT2D eigenvalue weighted by atomic mass is 35.5. The van der Waals surface area contributed by atoms with Crippen molar-refractivity contribution in [3.05, 3.63) is 42.7 Å². The molecule has 0 fully saturated rings. The third-order valence-electron chi connectivity index (χ3n) is 2.43. The van der Waals surface area contributed by atoms with Gasteiger partial charge in [-0.1, -0.05) is 18.2 Å². The summed E-state index contributed by atoms with van der Waals surface area (Å²) < 4.78 is 5.45. The molecule has 7 heteroatoms. The summed E-state index contributed by atoms with van der Waals surface area (Å²) in [4.78, 5) is 19.6. The predicted molar refractivity (Wildman–Crippen MR) is 80.9 cm³/mol. The standard InChI is InChI=1S/C14H15ClN4O2/c15-7-4-8-16-13(20)19-11-9-17-14(18-10-11)21-12-5-2-1-3-6-12/h1-3,5-6,9-10H,4,7-8H2,(H2,16,19,20). The second kappa shape index (κ2) is 8.06. The maximum Gasteiger partial charge on any atom is 0.322 e. The van der Waals surface area contributed by atoms with Crippen molar-refractivity contribution in [2.45, 2.75) is 6.42 Å². The molecule has 0 aliphatic carbocycles. The topological polar surface area (TPSA) is 76.1 Å². The van der Waals surface area contributed by atoms with E-state index in [1.807, 2.05) is 18.2 Å². The Bertz CT molecular complexity index is 563. The van der Waals surface area contributed by atoms with E-state index in [4.69, 9.17) is 16.3 Å². The van der Waals surface area contributed by atoms with E-state index < -0.39 is 0 Å². The fraction of sp³-hybridized carbons (Fsp3) is 0.214. The van der Waals surface area contributed by atoms with Gasteiger partial charge in [0.1, 0.15) is 5.75 Å². The Morgan fingerprint density at radius 1 is 1.19 bits per heavy atom. The van der Waals surface area contributed by atoms with Crippen LogP contribution < -0.4 is 15.4 Å². The smallest absolute Gasteiger partial charge is 0.322 e. The zero-order valence-electron chi connectivity index (χ0n) is 11.3. The molecule has 0 radical (unpaired) electrons. The van der Waals surface area contributed by atoms with Crippen LogP contribution in [-0.4, -0.2) is 28.4 Å². The second-order valence-corrected chi connectivity index (χ2v) is 4.47. The number of ether oxygens (including phenoxy) is 1. The molecule has 0 saturated carbocycles. The number of benzene rings is 1. The van der Waals surface area contributed by atoms with E-state index in [1.165, 1.54) is 12.4 Å². The average Bonchev–Trinajstić information content (AvgIpc) is 2.51. The number of para-hydroxylation sites is 1. The van der Waals surface area contributed by atoms with Crippen LogP contribution >= 0.6 is 11.6 Å². The quantitative estimate of drug-likeness (QED) is 0.635. The van der Waals surface area contributed by atoms with Gasteiger partial charge in [0.2, 0.25) is 0 Å². The van der Waals surface area contributed by atoms with Gasteiger partial charge in [0.25, 0.3) is 0 Å². The van der Waals surface area contributed by atoms with E-state index in [1.54, 1.807) is 12.1 Å². The molecular formula is C14H15ClN4O2. The Balaban J connectivity index is 1.85. The predicted octanol–water partition coefficient (Wildman–Crippen LogP) is 3.02. The van der Waals surface area contributed by atoms with E-state index >= 15 is 0 Å². The molecular weight excluding hydrogens is 292 g/mol. The molecule has 0 unspecified atom stereocenters. The van der Waals surface area contributed by atoms with Crippen LogP contribution in [0.2, 0.25) is 0 Å². The Labute approximate surface area is 127 Å². The maximum absolute atomic E-state index is 11.5. The number of alkyl halides is 1. The van der Waals surface area contributed by atoms with Crippen LogP contribution in [0.25, 0.3) is 0 Å². The number of amides is 2. The highest BCUT2D eigenvalue weighted by Gasteiger charge is 2.03. The van der Waals surface area contributed by atoms with Crippen LogP contribution in [0.1, 0.15) is 6.42 Å². The van der Waals surface area contributed by atoms with Crippen LogP contribution in [0.5, 0.6) is 11.8 Å². The summed E-state index contributed by atoms with van der Waals surface area (Å²) in [7, 11) is 0. The first-order valence-corrected chi connectivity index (χ1v) is 6.97. The highest BCUT2D eigenvalue weighted by molar-refractivity contribution is 6.17. The minimum absolute atomic E-state index is 0.217. The highest BCUT2D eigenvalue weighted by Crippen LogP contribution is 2.17. The van der Waals surface area contributed by atoms with E-state index in [2.05, 4.69) is 20.6 Å². The fourth-order valence-electron chi connectivity index (χ4n) is 1.47. The minimum atomic E-state index is -0.319. The number of nitrogens with zero attached hydrogens (tertiary/aromatic N) is 2. The molecule has 0 saturated heterocycles. The third-order valence-corrected chi connectivity index (χ3v) is 2.70. The van der Waals surface area contributed by atoms with Gasteiger partial charge in [-0.3, -0.25) is 0 Å². The second-order valence-electron chi connectivity index (χ2n) is 4.09. The third kappa shape index (κ3) is 5.27. The molecule has 6 nitrogen and oxygen atoms in total. The van der Waals surface area contributed by atoms with Crippen LogP contribution in [0.4, 0.5) is 10.5 Å². The van der Waals surface area contributed by atoms with Crippen molar-refractivity contribution in [1.82, 2.24) is 15.3 Å². The average molecular weight is 307 g/mol. The SMILES string of the molecule is O=C(NCCCCl)Nc1cnc(Oc2ccccc2)nc1. The number of carbonyl (C=O) groups is 1. The fourth-order valence-corrected chi connectivity index (χ4v) is 1.61. The van der Waals surface area contributed by atoms with E-state index in [9.17, 15) is 4.79 Å². The Kier molecular flexibility index (Phi) is 5.78. The van der Waals surface area contributed by atoms with Crippen molar-refractivity contribution >= 4 is 23.3 Å². The number of anilines is 1. The van der Waals surface area contributed by atoms with Crippen molar-refractivity contribution in [1.29, 1.82) is 0 Å². The lowest BCUT2D eigenvalue weighted by atomic mass is 10.3. The molecule has 0 bridgehead atoms. The summed E-state index contributed by atoms with van der Waals surface area (Å²) in [5.74, 6) is 1.16. The molecule has 0 spiro atoms. The van der Waals surface area contributed by atoms with Crippen molar-refractivity contribution in [3.63, 3.8) is 0 Å². The number of aromatic nitrogens is 2. The van der Waals surface area contributed by atoms with Crippen molar-refractivity contribution in [3.8, 4) is 11.8 Å². The van der Waals surface area contributed by atoms with Gasteiger partial charge in [0.15, 0.2) is 0 Å². The molecule has 1 aromatic heterocycles. The summed E-state index contributed by atoms with van der Waals surface area (Å²) in [6.07, 6.45) is 3.67. The zero-order valence-corrected chi connectivity index (χ0v) is 12.0. The van der Waals surface area contributed by atoms with Gasteiger partial charge in [-0.15, -0.1) is 11.6 Å². The number of carbonyl (C=O) groups excluding carboxylic acids is 1. The first kappa shape index (κ1) is 15.1. The molecule has 0 aliphatic rings. The summed E-state index contributed by atoms with van der Waals surface area (Å²) in [5, 5.41) is 5.28. The number of hydrogen-bond acceptors (Lipinski definition) is 4. The molecule has 0 atom stereocenters. The number of urea groups is 1. The summed E-state index contributed by atoms with van der Waals surface area (Å²) in [5.41, 5.74) is 0.485. The Morgan fingerprint density at radius 2 is 1.90 bits per heavy atom. The lowest BCUT2D eigenvalue weighted by Gasteiger charge is -2.07. The van der Waals surface area contributed by atoms with Crippen molar-refractivity contribution in [2.75, 3.05) is 17.7 Å². The number of nitrogens with one attached hydrogen (secondary N) is 2. The Hall–Kier alpha value is -2.34. The van der Waals surface area contributed by atoms with Crippen LogP contribution in [-0.2, 0) is 0 Å². The molecule has 2 rings (SSSR count). The number of hydrogen-bond donors (Lipinski definition) is 2. The molecule has 0 aliphatic heterocycles. The molecule has 2 aromatic rings. The largest absolute Gasteiger partial charge is 0.424 e. The molecule has 1 aromatic carbocycles. The number of rotatable bonds is 6. The molecule has 2 amide bonds. The Morgan fingerprint density at radius 3 is 2.57 bits per heavy atom. The van der Waals surface area contributed by atoms with Crippen LogP contribution in [0.15, 0.2) is 42.7 Å². The maximum atomic E-state index is 11.5. The van der Waals surface area contributed by atoms with Crippen LogP contribution in [0, 0.1) is 0 Å². The molecule has 110 valence electrons. The van der Waals surface area contributed by atoms with E-state index in [0.717, 1.165) is 6.42 Å². The lowest BCUT2D eigenvalue weighted by Crippen LogP contribution is -2.29. The summed E-state index contributed by atoms with van der Waals surface area (Å²) in [6.45, 7) is 0.519. The monoisotopic (exact) mass is 306 g/mol. The molecule has 2 N–H and O–H groups in total. The first-order chi connectivity index (χ1) is 10.3. The normalized spacial score (nSPS) is 9.95. The van der Waals surface area contributed by atoms with Gasteiger partial charge in [-0.25, -0.2) is 14.8 Å². The van der Waals surface area contributed by atoms with Gasteiger partial charge in [-0.05, 0) is 18.6 Å². The van der Waals surface area contributed by atoms with Gasteiger partial charge in [0, 0.05) is 12.4 Å². The van der Waals surface area contributed by atoms with E-state index in [-0.39, 0.29) is 12.0 Å². The number of halogens is 1. The molecule has 21 heavy (non-hydrogen) atoms. The molecule has 1 heterocycles. The van der Waals surface area contributed by atoms with E-state index in [0.29, 0.717) is 23.9 Å².